The Hall–Kier alpha value is -1.82. The summed E-state index contributed by atoms with van der Waals surface area (Å²) in [6.45, 7) is 2.05. The first-order chi connectivity index (χ1) is 14.4. The molecule has 0 bridgehead atoms. The molecular formula is C19H26F3N5O3S. The standard InChI is InChI=1S/C19H26F3N5O3S/c1-25-8-14(15(23-25)19(20,21)22)5-13-6-17(7-13)9-26(10-17)16(28)27-11-18(12-27)3-2-4-31(29,30)24-18/h8,13,24H,2-7,9-12H2,1H3. The number of aromatic nitrogens is 2. The van der Waals surface area contributed by atoms with E-state index in [1.807, 2.05) is 0 Å². The minimum Gasteiger partial charge on any atom is -0.323 e. The van der Waals surface area contributed by atoms with Crippen molar-refractivity contribution in [1.82, 2.24) is 24.3 Å². The number of carbonyl (C=O) groups excluding carboxylic acids is 1. The Morgan fingerprint density at radius 2 is 1.87 bits per heavy atom. The van der Waals surface area contributed by atoms with Gasteiger partial charge in [0.1, 0.15) is 0 Å². The lowest BCUT2D eigenvalue weighted by Crippen LogP contribution is -2.76. The van der Waals surface area contributed by atoms with Crippen molar-refractivity contribution < 1.29 is 26.4 Å². The molecule has 1 aromatic rings. The summed E-state index contributed by atoms with van der Waals surface area (Å²) in [4.78, 5) is 16.1. The Balaban J connectivity index is 1.10. The first kappa shape index (κ1) is 21.0. The maximum absolute atomic E-state index is 13.1. The van der Waals surface area contributed by atoms with Gasteiger partial charge in [0, 0.05) is 50.4 Å². The van der Waals surface area contributed by atoms with E-state index in [-0.39, 0.29) is 28.7 Å². The molecule has 1 aromatic heterocycles. The molecule has 8 nitrogen and oxygen atoms in total. The normalized spacial score (nSPS) is 26.5. The number of hydrogen-bond acceptors (Lipinski definition) is 4. The monoisotopic (exact) mass is 461 g/mol. The van der Waals surface area contributed by atoms with E-state index in [1.54, 1.807) is 9.80 Å². The Kier molecular flexibility index (Phi) is 4.48. The van der Waals surface area contributed by atoms with Gasteiger partial charge in [-0.2, -0.15) is 18.3 Å². The van der Waals surface area contributed by atoms with Crippen molar-refractivity contribution in [2.75, 3.05) is 31.9 Å². The molecule has 3 saturated heterocycles. The molecule has 0 unspecified atom stereocenters. The molecule has 31 heavy (non-hydrogen) atoms. The van der Waals surface area contributed by atoms with Crippen LogP contribution in [0.5, 0.6) is 0 Å². The number of aryl methyl sites for hydroxylation is 1. The fourth-order valence-electron chi connectivity index (χ4n) is 5.98. The third-order valence-corrected chi connectivity index (χ3v) is 8.72. The number of halogens is 3. The quantitative estimate of drug-likeness (QED) is 0.725. The van der Waals surface area contributed by atoms with Gasteiger partial charge in [0.2, 0.25) is 10.0 Å². The average molecular weight is 462 g/mol. The highest BCUT2D eigenvalue weighted by atomic mass is 32.2. The molecule has 4 aliphatic rings. The summed E-state index contributed by atoms with van der Waals surface area (Å²) in [5, 5.41) is 3.57. The van der Waals surface area contributed by atoms with Crippen LogP contribution in [0.3, 0.4) is 0 Å². The molecule has 1 saturated carbocycles. The van der Waals surface area contributed by atoms with E-state index >= 15 is 0 Å². The first-order valence-electron chi connectivity index (χ1n) is 10.5. The number of amides is 2. The molecule has 172 valence electrons. The zero-order valence-corrected chi connectivity index (χ0v) is 18.1. The fourth-order valence-corrected chi connectivity index (χ4v) is 7.49. The summed E-state index contributed by atoms with van der Waals surface area (Å²) >= 11 is 0. The van der Waals surface area contributed by atoms with Gasteiger partial charge < -0.3 is 9.80 Å². The van der Waals surface area contributed by atoms with Crippen molar-refractivity contribution in [3.8, 4) is 0 Å². The third-order valence-electron chi connectivity index (χ3n) is 7.15. The summed E-state index contributed by atoms with van der Waals surface area (Å²) in [5.41, 5.74) is -1.04. The van der Waals surface area contributed by atoms with Crippen molar-refractivity contribution in [3.05, 3.63) is 17.5 Å². The third kappa shape index (κ3) is 3.71. The number of carbonyl (C=O) groups is 1. The minimum absolute atomic E-state index is 0.0237. The molecule has 2 amide bonds. The van der Waals surface area contributed by atoms with Crippen LogP contribution < -0.4 is 4.72 Å². The predicted molar refractivity (Wildman–Crippen MR) is 105 cm³/mol. The largest absolute Gasteiger partial charge is 0.435 e. The highest BCUT2D eigenvalue weighted by Crippen LogP contribution is 2.53. The second-order valence-corrected chi connectivity index (χ2v) is 11.8. The SMILES string of the molecule is Cn1cc(CC2CC3(C2)CN(C(=O)N2CC4(CCCS(=O)(=O)N4)C2)C3)c(C(F)(F)F)n1. The molecule has 0 atom stereocenters. The molecule has 5 rings (SSSR count). The second-order valence-electron chi connectivity index (χ2n) is 9.95. The molecule has 4 heterocycles. The zero-order chi connectivity index (χ0) is 22.2. The minimum atomic E-state index is -4.45. The van der Waals surface area contributed by atoms with Crippen LogP contribution in [0.25, 0.3) is 0 Å². The lowest BCUT2D eigenvalue weighted by molar-refractivity contribution is -0.142. The van der Waals surface area contributed by atoms with E-state index in [0.29, 0.717) is 39.0 Å². The van der Waals surface area contributed by atoms with Gasteiger partial charge in [0.15, 0.2) is 5.69 Å². The zero-order valence-electron chi connectivity index (χ0n) is 17.3. The molecule has 2 spiro atoms. The van der Waals surface area contributed by atoms with E-state index in [2.05, 4.69) is 9.82 Å². The number of urea groups is 1. The second kappa shape index (κ2) is 6.60. The Bertz CT molecular complexity index is 1000. The smallest absolute Gasteiger partial charge is 0.323 e. The van der Waals surface area contributed by atoms with Crippen molar-refractivity contribution >= 4 is 16.1 Å². The highest BCUT2D eigenvalue weighted by molar-refractivity contribution is 7.89. The van der Waals surface area contributed by atoms with Crippen molar-refractivity contribution in [2.24, 2.45) is 18.4 Å². The van der Waals surface area contributed by atoms with Crippen LogP contribution in [0.15, 0.2) is 6.20 Å². The summed E-state index contributed by atoms with van der Waals surface area (Å²) in [7, 11) is -1.75. The fraction of sp³-hybridized carbons (Fsp3) is 0.789. The highest BCUT2D eigenvalue weighted by Gasteiger charge is 2.57. The van der Waals surface area contributed by atoms with Gasteiger partial charge in [-0.05, 0) is 38.0 Å². The lowest BCUT2D eigenvalue weighted by atomic mass is 9.56. The van der Waals surface area contributed by atoms with Gasteiger partial charge in [0.05, 0.1) is 11.3 Å². The number of rotatable bonds is 2. The van der Waals surface area contributed by atoms with E-state index in [0.717, 1.165) is 19.3 Å². The maximum Gasteiger partial charge on any atom is 0.435 e. The van der Waals surface area contributed by atoms with Gasteiger partial charge in [-0.3, -0.25) is 4.68 Å². The van der Waals surface area contributed by atoms with Crippen LogP contribution in [-0.2, 0) is 29.7 Å². The van der Waals surface area contributed by atoms with Gasteiger partial charge in [-0.1, -0.05) is 0 Å². The molecule has 1 aliphatic carbocycles. The number of nitrogens with one attached hydrogen (secondary N) is 1. The Morgan fingerprint density at radius 1 is 1.23 bits per heavy atom. The number of alkyl halides is 3. The average Bonchev–Trinajstić information content (AvgIpc) is 2.92. The molecule has 1 N–H and O–H groups in total. The molecule has 12 heteroatoms. The molecule has 3 aliphatic heterocycles. The van der Waals surface area contributed by atoms with Gasteiger partial charge in [-0.15, -0.1) is 0 Å². The molecule has 0 radical (unpaired) electrons. The number of likely N-dealkylation sites (tertiary alicyclic amines) is 2. The maximum atomic E-state index is 13.1. The number of nitrogens with zero attached hydrogens (tertiary/aromatic N) is 4. The van der Waals surface area contributed by atoms with Crippen molar-refractivity contribution in [1.29, 1.82) is 0 Å². The number of sulfonamides is 1. The lowest BCUT2D eigenvalue weighted by Gasteiger charge is -2.61. The van der Waals surface area contributed by atoms with E-state index < -0.39 is 27.4 Å². The molecule has 0 aromatic carbocycles. The molecular weight excluding hydrogens is 435 g/mol. The van der Waals surface area contributed by atoms with Gasteiger partial charge in [-0.25, -0.2) is 17.9 Å². The van der Waals surface area contributed by atoms with Crippen LogP contribution in [0.4, 0.5) is 18.0 Å². The summed E-state index contributed by atoms with van der Waals surface area (Å²) < 4.78 is 67.0. The van der Waals surface area contributed by atoms with E-state index in [4.69, 9.17) is 0 Å². The van der Waals surface area contributed by atoms with Crippen LogP contribution in [-0.4, -0.2) is 71.5 Å². The van der Waals surface area contributed by atoms with Crippen molar-refractivity contribution in [2.45, 2.75) is 43.8 Å². The van der Waals surface area contributed by atoms with Crippen LogP contribution >= 0.6 is 0 Å². The summed E-state index contributed by atoms with van der Waals surface area (Å²) in [5.74, 6) is 0.314. The Labute approximate surface area is 178 Å². The molecule has 4 fully saturated rings. The van der Waals surface area contributed by atoms with Crippen LogP contribution in [0, 0.1) is 11.3 Å². The summed E-state index contributed by atoms with van der Waals surface area (Å²) in [6.07, 6.45) is 0.337. The van der Waals surface area contributed by atoms with Gasteiger partial charge in [0.25, 0.3) is 0 Å². The van der Waals surface area contributed by atoms with Gasteiger partial charge >= 0.3 is 12.2 Å². The van der Waals surface area contributed by atoms with E-state index in [1.165, 1.54) is 17.9 Å². The predicted octanol–water partition coefficient (Wildman–Crippen LogP) is 1.58. The van der Waals surface area contributed by atoms with Crippen LogP contribution in [0.1, 0.15) is 36.9 Å². The number of hydrogen-bond donors (Lipinski definition) is 1. The summed E-state index contributed by atoms with van der Waals surface area (Å²) in [6, 6.07) is -0.0731. The van der Waals surface area contributed by atoms with Crippen LogP contribution in [0.2, 0.25) is 0 Å². The van der Waals surface area contributed by atoms with Crippen molar-refractivity contribution in [3.63, 3.8) is 0 Å². The van der Waals surface area contributed by atoms with E-state index in [9.17, 15) is 26.4 Å². The topological polar surface area (TPSA) is 87.5 Å². The Morgan fingerprint density at radius 3 is 2.48 bits per heavy atom. The first-order valence-corrected chi connectivity index (χ1v) is 12.2.